The molecule has 3 nitrogen and oxygen atoms in total. The summed E-state index contributed by atoms with van der Waals surface area (Å²) in [7, 11) is 3.16. The van der Waals surface area contributed by atoms with Gasteiger partial charge in [-0.25, -0.2) is 0 Å². The van der Waals surface area contributed by atoms with Gasteiger partial charge in [0.05, 0.1) is 0 Å². The molecule has 0 unspecified atom stereocenters. The predicted octanol–water partition coefficient (Wildman–Crippen LogP) is 2.30. The number of unbranched alkanes of at least 4 members (excludes halogenated alkanes) is 1. The number of hydrogen-bond donors (Lipinski definition) is 0. The third kappa shape index (κ3) is 3.70. The Morgan fingerprint density at radius 2 is 1.71 bits per heavy atom. The summed E-state index contributed by atoms with van der Waals surface area (Å²) in [4.78, 5) is 24.5. The highest BCUT2D eigenvalue weighted by Gasteiger charge is 2.17. The maximum atomic E-state index is 11.7. The van der Waals surface area contributed by atoms with Crippen molar-refractivity contribution in [3.8, 4) is 0 Å². The second-order valence-electron chi connectivity index (χ2n) is 4.33. The SMILES string of the molecule is CCCCc1ccc(C(=O)C(=O)N(C)C)cc1. The first kappa shape index (κ1) is 13.4. The molecule has 0 saturated heterocycles. The molecule has 0 aliphatic heterocycles. The molecule has 0 atom stereocenters. The molecule has 3 heteroatoms. The Labute approximate surface area is 102 Å². The molecule has 0 spiro atoms. The van der Waals surface area contributed by atoms with E-state index in [1.807, 2.05) is 12.1 Å². The molecule has 0 aromatic heterocycles. The minimum atomic E-state index is -0.480. The van der Waals surface area contributed by atoms with Gasteiger partial charge < -0.3 is 4.90 Å². The summed E-state index contributed by atoms with van der Waals surface area (Å²) in [5.74, 6) is -0.927. The summed E-state index contributed by atoms with van der Waals surface area (Å²) >= 11 is 0. The molecular weight excluding hydrogens is 214 g/mol. The van der Waals surface area contributed by atoms with Gasteiger partial charge in [0.15, 0.2) is 0 Å². The first-order valence-electron chi connectivity index (χ1n) is 5.91. The highest BCUT2D eigenvalue weighted by molar-refractivity contribution is 6.42. The zero-order valence-electron chi connectivity index (χ0n) is 10.7. The van der Waals surface area contributed by atoms with Crippen LogP contribution in [-0.2, 0) is 11.2 Å². The summed E-state index contributed by atoms with van der Waals surface area (Å²) in [6.45, 7) is 2.15. The summed E-state index contributed by atoms with van der Waals surface area (Å²) < 4.78 is 0. The fourth-order valence-electron chi connectivity index (χ4n) is 1.53. The van der Waals surface area contributed by atoms with Crippen LogP contribution < -0.4 is 0 Å². The van der Waals surface area contributed by atoms with E-state index in [0.717, 1.165) is 19.3 Å². The number of carbonyl (C=O) groups is 2. The Hall–Kier alpha value is -1.64. The molecule has 0 bridgehead atoms. The first-order valence-corrected chi connectivity index (χ1v) is 5.91. The maximum absolute atomic E-state index is 11.7. The smallest absolute Gasteiger partial charge is 0.294 e. The molecule has 1 amide bonds. The molecule has 0 saturated carbocycles. The quantitative estimate of drug-likeness (QED) is 0.578. The van der Waals surface area contributed by atoms with Crippen molar-refractivity contribution < 1.29 is 9.59 Å². The minimum absolute atomic E-state index is 0.447. The van der Waals surface area contributed by atoms with E-state index in [4.69, 9.17) is 0 Å². The predicted molar refractivity (Wildman–Crippen MR) is 68.1 cm³/mol. The Kier molecular flexibility index (Phi) is 4.88. The molecule has 92 valence electrons. The van der Waals surface area contributed by atoms with Gasteiger partial charge >= 0.3 is 0 Å². The molecule has 0 aliphatic rings. The molecular formula is C14H19NO2. The molecule has 1 aromatic carbocycles. The summed E-state index contributed by atoms with van der Waals surface area (Å²) in [5, 5.41) is 0. The lowest BCUT2D eigenvalue weighted by molar-refractivity contribution is -0.124. The van der Waals surface area contributed by atoms with Crippen LogP contribution in [0.3, 0.4) is 0 Å². The Morgan fingerprint density at radius 3 is 2.18 bits per heavy atom. The van der Waals surface area contributed by atoms with Crippen LogP contribution in [0.5, 0.6) is 0 Å². The van der Waals surface area contributed by atoms with Crippen LogP contribution in [0, 0.1) is 0 Å². The number of aryl methyl sites for hydroxylation is 1. The van der Waals surface area contributed by atoms with Gasteiger partial charge in [0, 0.05) is 19.7 Å². The normalized spacial score (nSPS) is 10.1. The van der Waals surface area contributed by atoms with Crippen LogP contribution in [-0.4, -0.2) is 30.7 Å². The Morgan fingerprint density at radius 1 is 1.12 bits per heavy atom. The first-order chi connectivity index (χ1) is 8.06. The van der Waals surface area contributed by atoms with E-state index in [-0.39, 0.29) is 0 Å². The van der Waals surface area contributed by atoms with Gasteiger partial charge in [-0.05, 0) is 18.4 Å². The van der Waals surface area contributed by atoms with Crippen molar-refractivity contribution in [3.05, 3.63) is 35.4 Å². The van der Waals surface area contributed by atoms with Crippen molar-refractivity contribution in [1.82, 2.24) is 4.90 Å². The van der Waals surface area contributed by atoms with Crippen LogP contribution in [0.4, 0.5) is 0 Å². The number of ketones is 1. The van der Waals surface area contributed by atoms with Gasteiger partial charge in [-0.2, -0.15) is 0 Å². The number of amides is 1. The van der Waals surface area contributed by atoms with Crippen molar-refractivity contribution in [1.29, 1.82) is 0 Å². The maximum Gasteiger partial charge on any atom is 0.294 e. The second kappa shape index (κ2) is 6.18. The molecule has 1 aromatic rings. The summed E-state index contributed by atoms with van der Waals surface area (Å²) in [6.07, 6.45) is 3.32. The largest absolute Gasteiger partial charge is 0.342 e. The topological polar surface area (TPSA) is 37.4 Å². The van der Waals surface area contributed by atoms with Gasteiger partial charge in [-0.15, -0.1) is 0 Å². The number of nitrogens with zero attached hydrogens (tertiary/aromatic N) is 1. The molecule has 0 radical (unpaired) electrons. The molecule has 0 aliphatic carbocycles. The highest BCUT2D eigenvalue weighted by Crippen LogP contribution is 2.09. The lowest BCUT2D eigenvalue weighted by atomic mass is 10.0. The average Bonchev–Trinajstić information content (AvgIpc) is 2.35. The minimum Gasteiger partial charge on any atom is -0.342 e. The molecule has 0 N–H and O–H groups in total. The zero-order valence-corrected chi connectivity index (χ0v) is 10.7. The number of rotatable bonds is 5. The number of benzene rings is 1. The fourth-order valence-corrected chi connectivity index (χ4v) is 1.53. The summed E-state index contributed by atoms with van der Waals surface area (Å²) in [6, 6.07) is 7.31. The second-order valence-corrected chi connectivity index (χ2v) is 4.33. The lowest BCUT2D eigenvalue weighted by Crippen LogP contribution is -2.29. The average molecular weight is 233 g/mol. The van der Waals surface area contributed by atoms with Crippen LogP contribution in [0.1, 0.15) is 35.7 Å². The van der Waals surface area contributed by atoms with E-state index in [0.29, 0.717) is 5.56 Å². The van der Waals surface area contributed by atoms with Crippen LogP contribution in [0.15, 0.2) is 24.3 Å². The van der Waals surface area contributed by atoms with Gasteiger partial charge in [-0.1, -0.05) is 37.6 Å². The number of carbonyl (C=O) groups excluding carboxylic acids is 2. The third-order valence-electron chi connectivity index (χ3n) is 2.64. The fraction of sp³-hybridized carbons (Fsp3) is 0.429. The van der Waals surface area contributed by atoms with E-state index in [2.05, 4.69) is 6.92 Å². The van der Waals surface area contributed by atoms with Crippen LogP contribution >= 0.6 is 0 Å². The number of Topliss-reactive ketones (excluding diaryl/α,β-unsaturated/α-hetero) is 1. The Bertz CT molecular complexity index is 393. The standard InChI is InChI=1S/C14H19NO2/c1-4-5-6-11-7-9-12(10-8-11)13(16)14(17)15(2)3/h7-10H,4-6H2,1-3H3. The van der Waals surface area contributed by atoms with Gasteiger partial charge in [0.25, 0.3) is 5.91 Å². The Balaban J connectivity index is 2.74. The third-order valence-corrected chi connectivity index (χ3v) is 2.64. The van der Waals surface area contributed by atoms with Crippen LogP contribution in [0.25, 0.3) is 0 Å². The molecule has 0 heterocycles. The lowest BCUT2D eigenvalue weighted by Gasteiger charge is -2.09. The van der Waals surface area contributed by atoms with Crippen molar-refractivity contribution in [2.45, 2.75) is 26.2 Å². The van der Waals surface area contributed by atoms with Crippen molar-refractivity contribution in [2.24, 2.45) is 0 Å². The van der Waals surface area contributed by atoms with E-state index in [1.165, 1.54) is 10.5 Å². The molecule has 17 heavy (non-hydrogen) atoms. The molecule has 0 fully saturated rings. The van der Waals surface area contributed by atoms with Crippen LogP contribution in [0.2, 0.25) is 0 Å². The molecule has 1 rings (SSSR count). The van der Waals surface area contributed by atoms with E-state index >= 15 is 0 Å². The summed E-state index contributed by atoms with van der Waals surface area (Å²) in [5.41, 5.74) is 1.67. The number of likely N-dealkylation sites (N-methyl/N-ethyl adjacent to an activating group) is 1. The van der Waals surface area contributed by atoms with E-state index in [1.54, 1.807) is 26.2 Å². The highest BCUT2D eigenvalue weighted by atomic mass is 16.2. The zero-order chi connectivity index (χ0) is 12.8. The number of hydrogen-bond acceptors (Lipinski definition) is 2. The van der Waals surface area contributed by atoms with E-state index < -0.39 is 11.7 Å². The van der Waals surface area contributed by atoms with Gasteiger partial charge in [0.2, 0.25) is 5.78 Å². The monoisotopic (exact) mass is 233 g/mol. The van der Waals surface area contributed by atoms with E-state index in [9.17, 15) is 9.59 Å². The van der Waals surface area contributed by atoms with Gasteiger partial charge in [-0.3, -0.25) is 9.59 Å². The van der Waals surface area contributed by atoms with Crippen molar-refractivity contribution in [2.75, 3.05) is 14.1 Å². The van der Waals surface area contributed by atoms with Crippen molar-refractivity contribution in [3.63, 3.8) is 0 Å². The van der Waals surface area contributed by atoms with Gasteiger partial charge in [0.1, 0.15) is 0 Å². The van der Waals surface area contributed by atoms with Crippen molar-refractivity contribution >= 4 is 11.7 Å².